The molecule has 0 radical (unpaired) electrons. The summed E-state index contributed by atoms with van der Waals surface area (Å²) in [4.78, 5) is 2.33. The third-order valence-corrected chi connectivity index (χ3v) is 4.15. The van der Waals surface area contributed by atoms with Crippen molar-refractivity contribution < 1.29 is 0 Å². The number of nitrogens with two attached hydrogens (primary N) is 1. The first kappa shape index (κ1) is 16.9. The van der Waals surface area contributed by atoms with Crippen LogP contribution in [0, 0.1) is 5.41 Å². The topological polar surface area (TPSA) is 41.3 Å². The molecule has 0 saturated carbocycles. The van der Waals surface area contributed by atoms with Gasteiger partial charge in [0.2, 0.25) is 0 Å². The Morgan fingerprint density at radius 1 is 1.12 bits per heavy atom. The fourth-order valence-corrected chi connectivity index (χ4v) is 2.77. The molecule has 0 fully saturated rings. The molecule has 0 spiro atoms. The molecule has 0 aliphatic rings. The lowest BCUT2D eigenvalue weighted by Gasteiger charge is -2.45. The van der Waals surface area contributed by atoms with Gasteiger partial charge in [-0.05, 0) is 45.2 Å². The first-order chi connectivity index (χ1) is 7.73. The van der Waals surface area contributed by atoms with Crippen LogP contribution in [0.2, 0.25) is 0 Å². The van der Waals surface area contributed by atoms with Gasteiger partial charge >= 0.3 is 0 Å². The van der Waals surface area contributed by atoms with Crippen LogP contribution in [0.4, 0.5) is 0 Å². The van der Waals surface area contributed by atoms with Crippen LogP contribution >= 0.6 is 0 Å². The molecular weight excluding hydrogens is 210 g/mol. The van der Waals surface area contributed by atoms with Crippen LogP contribution in [-0.2, 0) is 0 Å². The molecule has 3 heteroatoms. The van der Waals surface area contributed by atoms with E-state index in [9.17, 15) is 0 Å². The standard InChI is InChI=1S/C14H33N3/c1-8-14(9-2,17(6)7)12(16-15)10-11-13(3,4)5/h12,16H,8-11,15H2,1-7H3. The number of nitrogens with one attached hydrogen (secondary N) is 1. The van der Waals surface area contributed by atoms with E-state index in [1.807, 2.05) is 0 Å². The normalized spacial score (nSPS) is 15.4. The maximum atomic E-state index is 5.80. The number of hydrogen-bond donors (Lipinski definition) is 2. The van der Waals surface area contributed by atoms with Gasteiger partial charge in [0, 0.05) is 11.6 Å². The van der Waals surface area contributed by atoms with Crippen molar-refractivity contribution in [2.45, 2.75) is 71.9 Å². The summed E-state index contributed by atoms with van der Waals surface area (Å²) in [6.07, 6.45) is 4.56. The molecule has 0 bridgehead atoms. The summed E-state index contributed by atoms with van der Waals surface area (Å²) in [5.74, 6) is 5.80. The second-order valence-corrected chi connectivity index (χ2v) is 6.52. The van der Waals surface area contributed by atoms with Crippen molar-refractivity contribution in [1.82, 2.24) is 10.3 Å². The largest absolute Gasteiger partial charge is 0.302 e. The van der Waals surface area contributed by atoms with Gasteiger partial charge < -0.3 is 4.90 Å². The van der Waals surface area contributed by atoms with Crippen molar-refractivity contribution in [3.05, 3.63) is 0 Å². The predicted molar refractivity (Wildman–Crippen MR) is 76.8 cm³/mol. The quantitative estimate of drug-likeness (QED) is 0.534. The van der Waals surface area contributed by atoms with E-state index in [4.69, 9.17) is 5.84 Å². The predicted octanol–water partition coefficient (Wildman–Crippen LogP) is 2.77. The lowest BCUT2D eigenvalue weighted by Crippen LogP contribution is -2.60. The second-order valence-electron chi connectivity index (χ2n) is 6.52. The molecule has 3 nitrogen and oxygen atoms in total. The summed E-state index contributed by atoms with van der Waals surface area (Å²) in [5, 5.41) is 0. The first-order valence-corrected chi connectivity index (χ1v) is 6.87. The minimum atomic E-state index is 0.167. The third-order valence-electron chi connectivity index (χ3n) is 4.15. The van der Waals surface area contributed by atoms with Gasteiger partial charge in [0.05, 0.1) is 0 Å². The van der Waals surface area contributed by atoms with E-state index in [2.05, 4.69) is 59.0 Å². The minimum absolute atomic E-state index is 0.167. The summed E-state index contributed by atoms with van der Waals surface area (Å²) in [6, 6.07) is 0.353. The highest BCUT2D eigenvalue weighted by molar-refractivity contribution is 4.96. The van der Waals surface area contributed by atoms with Crippen LogP contribution in [-0.4, -0.2) is 30.6 Å². The Morgan fingerprint density at radius 2 is 1.59 bits per heavy atom. The molecule has 1 atom stereocenters. The average molecular weight is 243 g/mol. The highest BCUT2D eigenvalue weighted by atomic mass is 15.3. The number of rotatable bonds is 7. The van der Waals surface area contributed by atoms with Gasteiger partial charge in [-0.3, -0.25) is 11.3 Å². The maximum Gasteiger partial charge on any atom is 0.0394 e. The Bertz CT molecular complexity index is 202. The molecule has 0 aromatic rings. The van der Waals surface area contributed by atoms with Gasteiger partial charge in [-0.15, -0.1) is 0 Å². The smallest absolute Gasteiger partial charge is 0.0394 e. The van der Waals surface area contributed by atoms with Gasteiger partial charge in [-0.2, -0.15) is 0 Å². The van der Waals surface area contributed by atoms with Gasteiger partial charge in [0.25, 0.3) is 0 Å². The lowest BCUT2D eigenvalue weighted by molar-refractivity contribution is 0.0782. The SMILES string of the molecule is CCC(CC)(C(CCC(C)(C)C)NN)N(C)C. The van der Waals surface area contributed by atoms with E-state index >= 15 is 0 Å². The molecule has 1 unspecified atom stereocenters. The van der Waals surface area contributed by atoms with Gasteiger partial charge in [-0.25, -0.2) is 0 Å². The molecule has 0 amide bonds. The van der Waals surface area contributed by atoms with Crippen LogP contribution in [0.15, 0.2) is 0 Å². The third kappa shape index (κ3) is 4.57. The molecule has 0 rings (SSSR count). The van der Waals surface area contributed by atoms with E-state index in [-0.39, 0.29) is 5.54 Å². The van der Waals surface area contributed by atoms with Crippen molar-refractivity contribution >= 4 is 0 Å². The molecule has 17 heavy (non-hydrogen) atoms. The Morgan fingerprint density at radius 3 is 1.82 bits per heavy atom. The molecule has 0 saturated heterocycles. The average Bonchev–Trinajstić information content (AvgIpc) is 2.22. The first-order valence-electron chi connectivity index (χ1n) is 6.87. The molecule has 104 valence electrons. The van der Waals surface area contributed by atoms with Crippen LogP contribution in [0.3, 0.4) is 0 Å². The van der Waals surface area contributed by atoms with E-state index in [0.29, 0.717) is 11.5 Å². The Hall–Kier alpha value is -0.120. The molecule has 0 heterocycles. The number of nitrogens with zero attached hydrogens (tertiary/aromatic N) is 1. The van der Waals surface area contributed by atoms with Crippen molar-refractivity contribution in [2.75, 3.05) is 14.1 Å². The van der Waals surface area contributed by atoms with E-state index < -0.39 is 0 Å². The minimum Gasteiger partial charge on any atom is -0.302 e. The lowest BCUT2D eigenvalue weighted by atomic mass is 9.78. The van der Waals surface area contributed by atoms with Crippen molar-refractivity contribution in [2.24, 2.45) is 11.3 Å². The second kappa shape index (κ2) is 6.72. The summed E-state index contributed by atoms with van der Waals surface area (Å²) in [6.45, 7) is 11.4. The van der Waals surface area contributed by atoms with Gasteiger partial charge in [0.15, 0.2) is 0 Å². The Balaban J connectivity index is 4.80. The molecular formula is C14H33N3. The van der Waals surface area contributed by atoms with Gasteiger partial charge in [-0.1, -0.05) is 34.6 Å². The fraction of sp³-hybridized carbons (Fsp3) is 1.00. The number of likely N-dealkylation sites (N-methyl/N-ethyl adjacent to an activating group) is 1. The summed E-state index contributed by atoms with van der Waals surface area (Å²) >= 11 is 0. The Labute approximate surface area is 108 Å². The fourth-order valence-electron chi connectivity index (χ4n) is 2.77. The molecule has 3 N–H and O–H groups in total. The molecule has 0 aromatic heterocycles. The zero-order valence-electron chi connectivity index (χ0n) is 12.9. The zero-order valence-corrected chi connectivity index (χ0v) is 12.9. The van der Waals surface area contributed by atoms with Crippen LogP contribution in [0.1, 0.15) is 60.3 Å². The van der Waals surface area contributed by atoms with E-state index in [1.54, 1.807) is 0 Å². The molecule has 0 aliphatic heterocycles. The Kier molecular flexibility index (Phi) is 6.67. The van der Waals surface area contributed by atoms with Crippen molar-refractivity contribution in [3.8, 4) is 0 Å². The summed E-state index contributed by atoms with van der Waals surface area (Å²) in [5.41, 5.74) is 3.59. The summed E-state index contributed by atoms with van der Waals surface area (Å²) in [7, 11) is 4.32. The highest BCUT2D eigenvalue weighted by Gasteiger charge is 2.37. The number of hydrazine groups is 1. The van der Waals surface area contributed by atoms with E-state index in [0.717, 1.165) is 19.3 Å². The zero-order chi connectivity index (χ0) is 13.7. The highest BCUT2D eigenvalue weighted by Crippen LogP contribution is 2.31. The van der Waals surface area contributed by atoms with Crippen LogP contribution in [0.25, 0.3) is 0 Å². The monoisotopic (exact) mass is 243 g/mol. The van der Waals surface area contributed by atoms with Crippen molar-refractivity contribution in [3.63, 3.8) is 0 Å². The number of hydrogen-bond acceptors (Lipinski definition) is 3. The van der Waals surface area contributed by atoms with E-state index in [1.165, 1.54) is 6.42 Å². The summed E-state index contributed by atoms with van der Waals surface area (Å²) < 4.78 is 0. The van der Waals surface area contributed by atoms with Crippen LogP contribution in [0.5, 0.6) is 0 Å². The van der Waals surface area contributed by atoms with Crippen LogP contribution < -0.4 is 11.3 Å². The maximum absolute atomic E-state index is 5.80. The molecule has 0 aromatic carbocycles. The van der Waals surface area contributed by atoms with Gasteiger partial charge in [0.1, 0.15) is 0 Å². The van der Waals surface area contributed by atoms with Crippen molar-refractivity contribution in [1.29, 1.82) is 0 Å². The molecule has 0 aliphatic carbocycles.